The van der Waals surface area contributed by atoms with Crippen LogP contribution < -0.4 is 5.32 Å². The molecular weight excluding hydrogens is 357 g/mol. The van der Waals surface area contributed by atoms with Crippen LogP contribution in [0.15, 0.2) is 48.5 Å². The van der Waals surface area contributed by atoms with Gasteiger partial charge in [-0.3, -0.25) is 4.79 Å². The number of benzene rings is 2. The summed E-state index contributed by atoms with van der Waals surface area (Å²) in [5, 5.41) is 4.53. The number of hydrogen-bond acceptors (Lipinski definition) is 3. The molecule has 5 heteroatoms. The first-order chi connectivity index (χ1) is 12.1. The van der Waals surface area contributed by atoms with Gasteiger partial charge in [0.25, 0.3) is 0 Å². The molecule has 1 heterocycles. The summed E-state index contributed by atoms with van der Waals surface area (Å²) in [6.45, 7) is 1.48. The van der Waals surface area contributed by atoms with Crippen LogP contribution in [0.25, 0.3) is 0 Å². The van der Waals surface area contributed by atoms with Gasteiger partial charge >= 0.3 is 0 Å². The fourth-order valence-corrected chi connectivity index (χ4v) is 3.49. The molecule has 0 amide bonds. The number of hydrogen-bond donors (Lipinski definition) is 1. The third-order valence-corrected chi connectivity index (χ3v) is 5.35. The van der Waals surface area contributed by atoms with Crippen LogP contribution in [0.5, 0.6) is 0 Å². The van der Waals surface area contributed by atoms with Gasteiger partial charge in [-0.1, -0.05) is 53.5 Å². The minimum Gasteiger partial charge on any atom is -0.382 e. The van der Waals surface area contributed by atoms with E-state index >= 15 is 0 Å². The molecule has 132 valence electrons. The molecule has 25 heavy (non-hydrogen) atoms. The molecule has 1 N–H and O–H groups in total. The zero-order valence-corrected chi connectivity index (χ0v) is 15.4. The Labute approximate surface area is 158 Å². The smallest absolute Gasteiger partial charge is 0.164 e. The molecular formula is C20H21Cl2NO2. The second kappa shape index (κ2) is 8.70. The van der Waals surface area contributed by atoms with E-state index in [9.17, 15) is 4.79 Å². The van der Waals surface area contributed by atoms with Crippen molar-refractivity contribution < 1.29 is 9.53 Å². The molecule has 2 aromatic rings. The summed E-state index contributed by atoms with van der Waals surface area (Å²) in [5.41, 5.74) is 1.63. The van der Waals surface area contributed by atoms with Crippen molar-refractivity contribution in [3.05, 3.63) is 64.1 Å². The number of carbonyl (C=O) groups excluding carboxylic acids is 1. The van der Waals surface area contributed by atoms with Crippen molar-refractivity contribution in [2.45, 2.75) is 25.3 Å². The number of halogens is 2. The van der Waals surface area contributed by atoms with Gasteiger partial charge in [-0.15, -0.1) is 0 Å². The van der Waals surface area contributed by atoms with E-state index in [0.717, 1.165) is 37.3 Å². The molecule has 2 aromatic carbocycles. The van der Waals surface area contributed by atoms with Gasteiger partial charge in [0.05, 0.1) is 10.0 Å². The predicted octanol–water partition coefficient (Wildman–Crippen LogP) is 5.47. The molecule has 3 rings (SSSR count). The summed E-state index contributed by atoms with van der Waals surface area (Å²) in [6, 6.07) is 14.9. The molecule has 0 radical (unpaired) electrons. The van der Waals surface area contributed by atoms with E-state index in [-0.39, 0.29) is 11.8 Å². The van der Waals surface area contributed by atoms with Crippen LogP contribution in [0.2, 0.25) is 10.0 Å². The molecule has 0 aromatic heterocycles. The van der Waals surface area contributed by atoms with Crippen LogP contribution in [-0.2, 0) is 4.74 Å². The summed E-state index contributed by atoms with van der Waals surface area (Å²) in [7, 11) is 0. The maximum atomic E-state index is 12.7. The second-order valence-corrected chi connectivity index (χ2v) is 7.14. The molecule has 1 fully saturated rings. The van der Waals surface area contributed by atoms with Gasteiger partial charge in [-0.2, -0.15) is 0 Å². The maximum absolute atomic E-state index is 12.7. The summed E-state index contributed by atoms with van der Waals surface area (Å²) in [5.74, 6) is 0.528. The Morgan fingerprint density at radius 1 is 1.08 bits per heavy atom. The monoisotopic (exact) mass is 377 g/mol. The number of rotatable bonds is 6. The lowest BCUT2D eigenvalue weighted by atomic mass is 9.87. The Hall–Kier alpha value is -1.55. The van der Waals surface area contributed by atoms with Gasteiger partial charge in [0.15, 0.2) is 5.78 Å². The van der Waals surface area contributed by atoms with Crippen molar-refractivity contribution in [2.75, 3.05) is 18.5 Å². The van der Waals surface area contributed by atoms with Gasteiger partial charge in [0.2, 0.25) is 0 Å². The first kappa shape index (κ1) is 18.2. The fourth-order valence-electron chi connectivity index (χ4n) is 3.20. The number of ether oxygens (including phenoxy) is 1. The Balaban J connectivity index is 1.76. The van der Waals surface area contributed by atoms with Gasteiger partial charge in [0.1, 0.15) is 0 Å². The maximum Gasteiger partial charge on any atom is 0.164 e. The number of anilines is 1. The van der Waals surface area contributed by atoms with Crippen LogP contribution in [0.4, 0.5) is 5.69 Å². The van der Waals surface area contributed by atoms with E-state index in [2.05, 4.69) is 5.32 Å². The van der Waals surface area contributed by atoms with Crippen LogP contribution in [0.1, 0.15) is 29.6 Å². The molecule has 0 bridgehead atoms. The lowest BCUT2D eigenvalue weighted by molar-refractivity contribution is 0.0584. The van der Waals surface area contributed by atoms with Crippen LogP contribution in [-0.4, -0.2) is 25.0 Å². The fraction of sp³-hybridized carbons (Fsp3) is 0.350. The van der Waals surface area contributed by atoms with Gasteiger partial charge in [-0.25, -0.2) is 0 Å². The van der Waals surface area contributed by atoms with E-state index in [1.165, 1.54) is 0 Å². The summed E-state index contributed by atoms with van der Waals surface area (Å²) >= 11 is 12.1. The number of ketones is 1. The highest BCUT2D eigenvalue weighted by molar-refractivity contribution is 6.42. The molecule has 0 spiro atoms. The SMILES string of the molecule is O=C(CC(Nc1ccc(Cl)c(Cl)c1)C1CCOCC1)c1ccccc1. The summed E-state index contributed by atoms with van der Waals surface area (Å²) in [6.07, 6.45) is 2.33. The first-order valence-electron chi connectivity index (χ1n) is 8.51. The van der Waals surface area contributed by atoms with Crippen molar-refractivity contribution >= 4 is 34.7 Å². The average Bonchev–Trinajstić information content (AvgIpc) is 2.65. The van der Waals surface area contributed by atoms with Crippen molar-refractivity contribution in [1.29, 1.82) is 0 Å². The normalized spacial score (nSPS) is 16.4. The largest absolute Gasteiger partial charge is 0.382 e. The number of carbonyl (C=O) groups is 1. The van der Waals surface area contributed by atoms with Crippen molar-refractivity contribution in [1.82, 2.24) is 0 Å². The van der Waals surface area contributed by atoms with Crippen molar-refractivity contribution in [2.24, 2.45) is 5.92 Å². The van der Waals surface area contributed by atoms with Gasteiger partial charge in [0, 0.05) is 36.9 Å². The van der Waals surface area contributed by atoms with Gasteiger partial charge in [-0.05, 0) is 37.0 Å². The third kappa shape index (κ3) is 4.97. The van der Waals surface area contributed by atoms with Crippen molar-refractivity contribution in [3.8, 4) is 0 Å². The van der Waals surface area contributed by atoms with E-state index in [1.807, 2.05) is 42.5 Å². The minimum atomic E-state index is 0.0360. The Kier molecular flexibility index (Phi) is 6.35. The van der Waals surface area contributed by atoms with Crippen LogP contribution in [0, 0.1) is 5.92 Å². The second-order valence-electron chi connectivity index (χ2n) is 6.32. The standard InChI is InChI=1S/C20H21Cl2NO2/c21-17-7-6-16(12-18(17)22)23-19(14-8-10-25-11-9-14)13-20(24)15-4-2-1-3-5-15/h1-7,12,14,19,23H,8-11,13H2. The Morgan fingerprint density at radius 2 is 1.80 bits per heavy atom. The topological polar surface area (TPSA) is 38.3 Å². The van der Waals surface area contributed by atoms with E-state index in [1.54, 1.807) is 6.07 Å². The van der Waals surface area contributed by atoms with Crippen molar-refractivity contribution in [3.63, 3.8) is 0 Å². The predicted molar refractivity (Wildman–Crippen MR) is 103 cm³/mol. The van der Waals surface area contributed by atoms with E-state index in [0.29, 0.717) is 22.4 Å². The lowest BCUT2D eigenvalue weighted by Crippen LogP contribution is -2.35. The van der Waals surface area contributed by atoms with Crippen LogP contribution >= 0.6 is 23.2 Å². The van der Waals surface area contributed by atoms with E-state index < -0.39 is 0 Å². The number of nitrogens with one attached hydrogen (secondary N) is 1. The van der Waals surface area contributed by atoms with Gasteiger partial charge < -0.3 is 10.1 Å². The molecule has 0 aliphatic carbocycles. The summed E-state index contributed by atoms with van der Waals surface area (Å²) in [4.78, 5) is 12.7. The molecule has 1 aliphatic rings. The van der Waals surface area contributed by atoms with E-state index in [4.69, 9.17) is 27.9 Å². The highest BCUT2D eigenvalue weighted by atomic mass is 35.5. The molecule has 3 nitrogen and oxygen atoms in total. The third-order valence-electron chi connectivity index (χ3n) is 4.61. The minimum absolute atomic E-state index is 0.0360. The molecule has 1 saturated heterocycles. The van der Waals surface area contributed by atoms with Crippen LogP contribution in [0.3, 0.4) is 0 Å². The molecule has 1 atom stereocenters. The average molecular weight is 378 g/mol. The summed E-state index contributed by atoms with van der Waals surface area (Å²) < 4.78 is 5.47. The number of Topliss-reactive ketones (excluding diaryl/α,β-unsaturated/α-hetero) is 1. The Bertz CT molecular complexity index is 715. The quantitative estimate of drug-likeness (QED) is 0.677. The highest BCUT2D eigenvalue weighted by Crippen LogP contribution is 2.29. The highest BCUT2D eigenvalue weighted by Gasteiger charge is 2.26. The zero-order chi connectivity index (χ0) is 17.6. The zero-order valence-electron chi connectivity index (χ0n) is 13.9. The first-order valence-corrected chi connectivity index (χ1v) is 9.26. The molecule has 1 aliphatic heterocycles. The molecule has 0 saturated carbocycles. The molecule has 1 unspecified atom stereocenters. The Morgan fingerprint density at radius 3 is 2.48 bits per heavy atom. The lowest BCUT2D eigenvalue weighted by Gasteiger charge is -2.31.